The van der Waals surface area contributed by atoms with Gasteiger partial charge in [-0.05, 0) is 49.8 Å². The number of methoxy groups -OCH3 is 1. The second-order valence-electron chi connectivity index (χ2n) is 8.05. The molecule has 2 atom stereocenters. The lowest BCUT2D eigenvalue weighted by Gasteiger charge is -2.21. The summed E-state index contributed by atoms with van der Waals surface area (Å²) >= 11 is 0. The fraction of sp³-hybridized carbons (Fsp3) is 0.682. The van der Waals surface area contributed by atoms with Crippen LogP contribution in [0.15, 0.2) is 29.3 Å². The normalized spacial score (nSPS) is 21.6. The van der Waals surface area contributed by atoms with Crippen molar-refractivity contribution in [1.29, 1.82) is 0 Å². The van der Waals surface area contributed by atoms with Gasteiger partial charge >= 0.3 is 0 Å². The summed E-state index contributed by atoms with van der Waals surface area (Å²) < 4.78 is 5.24. The molecule has 0 radical (unpaired) electrons. The van der Waals surface area contributed by atoms with Crippen LogP contribution >= 0.6 is 24.0 Å². The summed E-state index contributed by atoms with van der Waals surface area (Å²) in [5.74, 6) is 2.44. The van der Waals surface area contributed by atoms with Gasteiger partial charge in [-0.1, -0.05) is 25.0 Å². The molecule has 1 saturated heterocycles. The van der Waals surface area contributed by atoms with Gasteiger partial charge in [0.1, 0.15) is 5.75 Å². The molecule has 2 aliphatic rings. The maximum absolute atomic E-state index is 10.5. The van der Waals surface area contributed by atoms with Crippen LogP contribution in [0.2, 0.25) is 0 Å². The van der Waals surface area contributed by atoms with E-state index in [0.717, 1.165) is 42.7 Å². The largest absolute Gasteiger partial charge is 0.497 e. The molecule has 2 fully saturated rings. The number of hydrogen-bond donors (Lipinski definition) is 3. The van der Waals surface area contributed by atoms with E-state index in [9.17, 15) is 5.11 Å². The lowest BCUT2D eigenvalue weighted by Crippen LogP contribution is -2.45. The highest BCUT2D eigenvalue weighted by Gasteiger charge is 2.26. The van der Waals surface area contributed by atoms with Crippen LogP contribution in [0.4, 0.5) is 0 Å². The Morgan fingerprint density at radius 3 is 2.83 bits per heavy atom. The van der Waals surface area contributed by atoms with Gasteiger partial charge in [0.2, 0.25) is 0 Å². The molecule has 2 unspecified atom stereocenters. The van der Waals surface area contributed by atoms with E-state index in [1.165, 1.54) is 38.8 Å². The quantitative estimate of drug-likeness (QED) is 0.282. The first kappa shape index (κ1) is 24.2. The zero-order valence-corrected chi connectivity index (χ0v) is 20.1. The Balaban J connectivity index is 0.00000300. The summed E-state index contributed by atoms with van der Waals surface area (Å²) in [6.45, 7) is 6.69. The molecule has 0 bridgehead atoms. The maximum atomic E-state index is 10.5. The van der Waals surface area contributed by atoms with Crippen molar-refractivity contribution in [3.8, 4) is 5.75 Å². The predicted octanol–water partition coefficient (Wildman–Crippen LogP) is 3.17. The molecule has 3 rings (SSSR count). The third kappa shape index (κ3) is 7.61. The highest BCUT2D eigenvalue weighted by molar-refractivity contribution is 14.0. The Kier molecular flexibility index (Phi) is 10.5. The minimum atomic E-state index is -0.645. The van der Waals surface area contributed by atoms with Gasteiger partial charge in [0.05, 0.1) is 19.8 Å². The van der Waals surface area contributed by atoms with Crippen molar-refractivity contribution < 1.29 is 9.84 Å². The average Bonchev–Trinajstić information content (AvgIpc) is 3.38. The Morgan fingerprint density at radius 1 is 1.31 bits per heavy atom. The highest BCUT2D eigenvalue weighted by Crippen LogP contribution is 2.26. The molecule has 6 nitrogen and oxygen atoms in total. The van der Waals surface area contributed by atoms with Crippen molar-refractivity contribution in [2.75, 3.05) is 39.8 Å². The number of aliphatic imine (C=N–C) groups is 1. The van der Waals surface area contributed by atoms with Crippen LogP contribution in [0.5, 0.6) is 5.75 Å². The van der Waals surface area contributed by atoms with E-state index < -0.39 is 6.10 Å². The van der Waals surface area contributed by atoms with Crippen molar-refractivity contribution in [2.24, 2.45) is 10.9 Å². The third-order valence-electron chi connectivity index (χ3n) is 5.85. The molecule has 0 spiro atoms. The first-order chi connectivity index (χ1) is 13.7. The lowest BCUT2D eigenvalue weighted by molar-refractivity contribution is 0.186. The molecule has 1 aromatic carbocycles. The summed E-state index contributed by atoms with van der Waals surface area (Å²) in [7, 11) is 1.63. The molecule has 3 N–H and O–H groups in total. The molecule has 1 saturated carbocycles. The van der Waals surface area contributed by atoms with Crippen LogP contribution in [0.1, 0.15) is 50.7 Å². The standard InChI is InChI=1S/C22H36N4O2.HI/c1-3-23-22(24-14-21(27)18-9-6-10-20(13-18)28-2)25-19-11-12-26(16-19)15-17-7-4-5-8-17;/h6,9-10,13,17,19,21,27H,3-5,7-8,11-12,14-16H2,1-2H3,(H2,23,24,25);1H. The SMILES string of the molecule is CCNC(=NCC(O)c1cccc(OC)c1)NC1CCN(CC2CCCC2)C1.I. The summed E-state index contributed by atoms with van der Waals surface area (Å²) in [5.41, 5.74) is 0.822. The van der Waals surface area contributed by atoms with E-state index in [0.29, 0.717) is 12.6 Å². The minimum absolute atomic E-state index is 0. The number of ether oxygens (including phenoxy) is 1. The maximum Gasteiger partial charge on any atom is 0.191 e. The number of aliphatic hydroxyl groups is 1. The second-order valence-corrected chi connectivity index (χ2v) is 8.05. The number of guanidine groups is 1. The fourth-order valence-electron chi connectivity index (χ4n) is 4.32. The van der Waals surface area contributed by atoms with Gasteiger partial charge in [-0.3, -0.25) is 4.99 Å². The molecule has 0 aromatic heterocycles. The number of halogens is 1. The fourth-order valence-corrected chi connectivity index (χ4v) is 4.32. The van der Waals surface area contributed by atoms with Crippen molar-refractivity contribution in [3.05, 3.63) is 29.8 Å². The van der Waals surface area contributed by atoms with Gasteiger partial charge < -0.3 is 25.4 Å². The molecule has 29 heavy (non-hydrogen) atoms. The van der Waals surface area contributed by atoms with E-state index in [1.54, 1.807) is 7.11 Å². The number of rotatable bonds is 8. The smallest absolute Gasteiger partial charge is 0.191 e. The summed E-state index contributed by atoms with van der Waals surface area (Å²) in [6, 6.07) is 7.96. The number of hydrogen-bond acceptors (Lipinski definition) is 4. The van der Waals surface area contributed by atoms with E-state index in [4.69, 9.17) is 4.74 Å². The molecular formula is C22H37IN4O2. The molecule has 1 aromatic rings. The Morgan fingerprint density at radius 2 is 2.10 bits per heavy atom. The van der Waals surface area contributed by atoms with Crippen molar-refractivity contribution >= 4 is 29.9 Å². The van der Waals surface area contributed by atoms with Crippen LogP contribution < -0.4 is 15.4 Å². The number of benzene rings is 1. The van der Waals surface area contributed by atoms with Gasteiger partial charge in [-0.2, -0.15) is 0 Å². The number of nitrogens with one attached hydrogen (secondary N) is 2. The van der Waals surface area contributed by atoms with E-state index >= 15 is 0 Å². The predicted molar refractivity (Wildman–Crippen MR) is 129 cm³/mol. The Bertz CT molecular complexity index is 637. The van der Waals surface area contributed by atoms with Crippen LogP contribution in [0.3, 0.4) is 0 Å². The molecule has 0 amide bonds. The molecule has 164 valence electrons. The number of likely N-dealkylation sites (tertiary alicyclic amines) is 1. The second kappa shape index (κ2) is 12.6. The van der Waals surface area contributed by atoms with Crippen LogP contribution in [0.25, 0.3) is 0 Å². The monoisotopic (exact) mass is 516 g/mol. The Labute approximate surface area is 192 Å². The highest BCUT2D eigenvalue weighted by atomic mass is 127. The minimum Gasteiger partial charge on any atom is -0.497 e. The van der Waals surface area contributed by atoms with Gasteiger partial charge in [0.15, 0.2) is 5.96 Å². The first-order valence-electron chi connectivity index (χ1n) is 10.8. The molecule has 1 aliphatic carbocycles. The van der Waals surface area contributed by atoms with Gasteiger partial charge in [0, 0.05) is 32.2 Å². The summed E-state index contributed by atoms with van der Waals surface area (Å²) in [5, 5.41) is 17.4. The van der Waals surface area contributed by atoms with Crippen molar-refractivity contribution in [1.82, 2.24) is 15.5 Å². The average molecular weight is 516 g/mol. The third-order valence-corrected chi connectivity index (χ3v) is 5.85. The van der Waals surface area contributed by atoms with E-state index in [1.807, 2.05) is 24.3 Å². The number of nitrogens with zero attached hydrogens (tertiary/aromatic N) is 2. The Hall–Kier alpha value is -1.06. The molecule has 7 heteroatoms. The van der Waals surface area contributed by atoms with Gasteiger partial charge in [-0.15, -0.1) is 24.0 Å². The van der Waals surface area contributed by atoms with Crippen molar-refractivity contribution in [3.63, 3.8) is 0 Å². The van der Waals surface area contributed by atoms with Crippen LogP contribution in [0, 0.1) is 5.92 Å². The molecule has 1 aliphatic heterocycles. The molecular weight excluding hydrogens is 479 g/mol. The molecule has 1 heterocycles. The first-order valence-corrected chi connectivity index (χ1v) is 10.8. The van der Waals surface area contributed by atoms with Gasteiger partial charge in [-0.25, -0.2) is 0 Å². The zero-order chi connectivity index (χ0) is 19.8. The summed E-state index contributed by atoms with van der Waals surface area (Å²) in [4.78, 5) is 7.22. The van der Waals surface area contributed by atoms with Gasteiger partial charge in [0.25, 0.3) is 0 Å². The lowest BCUT2D eigenvalue weighted by atomic mass is 10.1. The summed E-state index contributed by atoms with van der Waals surface area (Å²) in [6.07, 6.45) is 6.13. The van der Waals surface area contributed by atoms with E-state index in [2.05, 4.69) is 27.4 Å². The van der Waals surface area contributed by atoms with Crippen LogP contribution in [-0.4, -0.2) is 61.8 Å². The van der Waals surface area contributed by atoms with Crippen molar-refractivity contribution in [2.45, 2.75) is 51.2 Å². The van der Waals surface area contributed by atoms with E-state index in [-0.39, 0.29) is 24.0 Å². The zero-order valence-electron chi connectivity index (χ0n) is 17.8. The van der Waals surface area contributed by atoms with Crippen LogP contribution in [-0.2, 0) is 0 Å². The number of aliphatic hydroxyl groups excluding tert-OH is 1. The topological polar surface area (TPSA) is 69.1 Å².